The Kier molecular flexibility index (Phi) is 4.43. The highest BCUT2D eigenvalue weighted by molar-refractivity contribution is 5.64. The molecule has 1 rings (SSSR count). The van der Waals surface area contributed by atoms with Crippen LogP contribution in [0.2, 0.25) is 0 Å². The molecule has 0 amide bonds. The Balaban J connectivity index is 2.81. The third-order valence-electron chi connectivity index (χ3n) is 2.20. The molecule has 0 saturated heterocycles. The molecule has 3 heteroatoms. The molecular formula is C12H15F2N. The van der Waals surface area contributed by atoms with Gasteiger partial charge >= 0.3 is 0 Å². The SMILES string of the molecule is CNCCC=C(C)c1ccc(F)cc1F. The number of benzene rings is 1. The molecule has 82 valence electrons. The zero-order chi connectivity index (χ0) is 11.3. The molecule has 1 aromatic carbocycles. The number of hydrogen-bond donors (Lipinski definition) is 1. The lowest BCUT2D eigenvalue weighted by molar-refractivity contribution is 0.581. The van der Waals surface area contributed by atoms with Gasteiger partial charge in [-0.05, 0) is 44.6 Å². The van der Waals surface area contributed by atoms with Crippen molar-refractivity contribution in [1.29, 1.82) is 0 Å². The van der Waals surface area contributed by atoms with Gasteiger partial charge in [0, 0.05) is 11.6 Å². The summed E-state index contributed by atoms with van der Waals surface area (Å²) in [6.45, 7) is 2.67. The first-order valence-electron chi connectivity index (χ1n) is 4.92. The van der Waals surface area contributed by atoms with Crippen molar-refractivity contribution in [2.75, 3.05) is 13.6 Å². The lowest BCUT2D eigenvalue weighted by Crippen LogP contribution is -2.06. The fourth-order valence-corrected chi connectivity index (χ4v) is 1.35. The van der Waals surface area contributed by atoms with Crippen LogP contribution < -0.4 is 5.32 Å². The minimum atomic E-state index is -0.542. The topological polar surface area (TPSA) is 12.0 Å². The highest BCUT2D eigenvalue weighted by Gasteiger charge is 2.04. The summed E-state index contributed by atoms with van der Waals surface area (Å²) in [7, 11) is 1.86. The highest BCUT2D eigenvalue weighted by Crippen LogP contribution is 2.18. The van der Waals surface area contributed by atoms with Crippen LogP contribution >= 0.6 is 0 Å². The molecule has 1 aromatic rings. The van der Waals surface area contributed by atoms with Crippen LogP contribution in [0.15, 0.2) is 24.3 Å². The second kappa shape index (κ2) is 5.61. The van der Waals surface area contributed by atoms with Crippen LogP contribution in [-0.2, 0) is 0 Å². The number of halogens is 2. The first-order chi connectivity index (χ1) is 7.15. The molecule has 1 nitrogen and oxygen atoms in total. The van der Waals surface area contributed by atoms with Crippen LogP contribution in [0.25, 0.3) is 5.57 Å². The van der Waals surface area contributed by atoms with Crippen molar-refractivity contribution in [2.24, 2.45) is 0 Å². The fourth-order valence-electron chi connectivity index (χ4n) is 1.35. The zero-order valence-electron chi connectivity index (χ0n) is 8.98. The Hall–Kier alpha value is -1.22. The molecule has 0 spiro atoms. The quantitative estimate of drug-likeness (QED) is 0.755. The summed E-state index contributed by atoms with van der Waals surface area (Å²) in [4.78, 5) is 0. The molecule has 0 heterocycles. The molecule has 0 aliphatic rings. The van der Waals surface area contributed by atoms with Crippen LogP contribution in [-0.4, -0.2) is 13.6 Å². The predicted molar refractivity (Wildman–Crippen MR) is 58.6 cm³/mol. The van der Waals surface area contributed by atoms with Crippen LogP contribution in [0, 0.1) is 11.6 Å². The second-order valence-electron chi connectivity index (χ2n) is 3.40. The summed E-state index contributed by atoms with van der Waals surface area (Å²) >= 11 is 0. The van der Waals surface area contributed by atoms with Crippen molar-refractivity contribution < 1.29 is 8.78 Å². The van der Waals surface area contributed by atoms with Crippen LogP contribution in [0.3, 0.4) is 0 Å². The van der Waals surface area contributed by atoms with Gasteiger partial charge in [0.15, 0.2) is 0 Å². The smallest absolute Gasteiger partial charge is 0.133 e. The third-order valence-corrected chi connectivity index (χ3v) is 2.20. The van der Waals surface area contributed by atoms with Gasteiger partial charge in [-0.1, -0.05) is 6.08 Å². The van der Waals surface area contributed by atoms with E-state index in [0.717, 1.165) is 24.6 Å². The molecule has 15 heavy (non-hydrogen) atoms. The molecule has 0 radical (unpaired) electrons. The molecule has 0 aliphatic carbocycles. The molecule has 0 aliphatic heterocycles. The van der Waals surface area contributed by atoms with E-state index in [2.05, 4.69) is 5.32 Å². The lowest BCUT2D eigenvalue weighted by atomic mass is 10.1. The predicted octanol–water partition coefficient (Wildman–Crippen LogP) is 2.98. The second-order valence-corrected chi connectivity index (χ2v) is 3.40. The lowest BCUT2D eigenvalue weighted by Gasteiger charge is -2.03. The first-order valence-corrected chi connectivity index (χ1v) is 4.92. The Morgan fingerprint density at radius 2 is 2.13 bits per heavy atom. The van der Waals surface area contributed by atoms with E-state index in [-0.39, 0.29) is 0 Å². The summed E-state index contributed by atoms with van der Waals surface area (Å²) in [5.41, 5.74) is 1.30. The van der Waals surface area contributed by atoms with Crippen LogP contribution in [0.5, 0.6) is 0 Å². The van der Waals surface area contributed by atoms with E-state index in [9.17, 15) is 8.78 Å². The van der Waals surface area contributed by atoms with Gasteiger partial charge in [-0.3, -0.25) is 0 Å². The van der Waals surface area contributed by atoms with Crippen molar-refractivity contribution in [3.8, 4) is 0 Å². The van der Waals surface area contributed by atoms with E-state index in [0.29, 0.717) is 5.56 Å². The van der Waals surface area contributed by atoms with E-state index in [1.54, 1.807) is 0 Å². The summed E-state index contributed by atoms with van der Waals surface area (Å²) in [5.74, 6) is -1.05. The van der Waals surface area contributed by atoms with E-state index < -0.39 is 11.6 Å². The van der Waals surface area contributed by atoms with Crippen molar-refractivity contribution in [2.45, 2.75) is 13.3 Å². The molecule has 0 aromatic heterocycles. The molecule has 0 fully saturated rings. The maximum absolute atomic E-state index is 13.3. The molecule has 0 saturated carbocycles. The molecule has 0 bridgehead atoms. The minimum Gasteiger partial charge on any atom is -0.319 e. The standard InChI is InChI=1S/C12H15F2N/c1-9(4-3-7-15-2)11-6-5-10(13)8-12(11)14/h4-6,8,15H,3,7H2,1-2H3. The Labute approximate surface area is 88.8 Å². The maximum atomic E-state index is 13.3. The number of allylic oxidation sites excluding steroid dienone is 1. The number of hydrogen-bond acceptors (Lipinski definition) is 1. The van der Waals surface area contributed by atoms with Gasteiger partial charge < -0.3 is 5.32 Å². The first kappa shape index (κ1) is 11.9. The van der Waals surface area contributed by atoms with E-state index in [1.807, 2.05) is 20.0 Å². The van der Waals surface area contributed by atoms with Gasteiger partial charge in [-0.25, -0.2) is 8.78 Å². The Bertz CT molecular complexity index is 359. The molecule has 0 atom stereocenters. The number of nitrogens with one attached hydrogen (secondary N) is 1. The van der Waals surface area contributed by atoms with Crippen molar-refractivity contribution >= 4 is 5.57 Å². The monoisotopic (exact) mass is 211 g/mol. The summed E-state index contributed by atoms with van der Waals surface area (Å²) in [6, 6.07) is 3.65. The fraction of sp³-hybridized carbons (Fsp3) is 0.333. The van der Waals surface area contributed by atoms with Gasteiger partial charge in [0.25, 0.3) is 0 Å². The van der Waals surface area contributed by atoms with E-state index in [1.165, 1.54) is 12.1 Å². The largest absolute Gasteiger partial charge is 0.319 e. The average Bonchev–Trinajstić information content (AvgIpc) is 2.17. The maximum Gasteiger partial charge on any atom is 0.133 e. The van der Waals surface area contributed by atoms with E-state index >= 15 is 0 Å². The Morgan fingerprint density at radius 3 is 2.73 bits per heavy atom. The summed E-state index contributed by atoms with van der Waals surface area (Å²) in [5, 5.41) is 3.00. The van der Waals surface area contributed by atoms with Crippen molar-refractivity contribution in [3.05, 3.63) is 41.5 Å². The highest BCUT2D eigenvalue weighted by atomic mass is 19.1. The Morgan fingerprint density at radius 1 is 1.40 bits per heavy atom. The van der Waals surface area contributed by atoms with Crippen LogP contribution in [0.1, 0.15) is 18.9 Å². The van der Waals surface area contributed by atoms with Gasteiger partial charge in [0.1, 0.15) is 11.6 Å². The normalized spacial score (nSPS) is 11.9. The zero-order valence-corrected chi connectivity index (χ0v) is 8.98. The van der Waals surface area contributed by atoms with Crippen molar-refractivity contribution in [1.82, 2.24) is 5.32 Å². The minimum absolute atomic E-state index is 0.465. The molecule has 1 N–H and O–H groups in total. The average molecular weight is 211 g/mol. The van der Waals surface area contributed by atoms with Gasteiger partial charge in [0.2, 0.25) is 0 Å². The van der Waals surface area contributed by atoms with Gasteiger partial charge in [0.05, 0.1) is 0 Å². The van der Waals surface area contributed by atoms with Crippen LogP contribution in [0.4, 0.5) is 8.78 Å². The third kappa shape index (κ3) is 3.44. The summed E-state index contributed by atoms with van der Waals surface area (Å²) in [6.07, 6.45) is 2.77. The summed E-state index contributed by atoms with van der Waals surface area (Å²) < 4.78 is 26.0. The van der Waals surface area contributed by atoms with Crippen molar-refractivity contribution in [3.63, 3.8) is 0 Å². The van der Waals surface area contributed by atoms with E-state index in [4.69, 9.17) is 0 Å². The molecular weight excluding hydrogens is 196 g/mol. The number of rotatable bonds is 4. The van der Waals surface area contributed by atoms with Gasteiger partial charge in [-0.15, -0.1) is 0 Å². The van der Waals surface area contributed by atoms with Gasteiger partial charge in [-0.2, -0.15) is 0 Å². The molecule has 0 unspecified atom stereocenters.